The molecule has 7 nitrogen and oxygen atoms in total. The van der Waals surface area contributed by atoms with Crippen LogP contribution in [0.4, 0.5) is 11.4 Å². The lowest BCUT2D eigenvalue weighted by Crippen LogP contribution is -2.16. The normalized spacial score (nSPS) is 11.6. The molecule has 0 aliphatic heterocycles. The molecule has 0 heterocycles. The Labute approximate surface area is 204 Å². The third kappa shape index (κ3) is 5.95. The second kappa shape index (κ2) is 9.87. The summed E-state index contributed by atoms with van der Waals surface area (Å²) >= 11 is 5.97. The molecule has 9 heteroatoms. The summed E-state index contributed by atoms with van der Waals surface area (Å²) in [5.41, 5.74) is 2.15. The van der Waals surface area contributed by atoms with E-state index < -0.39 is 16.0 Å². The minimum Gasteiger partial charge on any atom is -0.465 e. The standard InChI is InChI=1S/C25H25ClN2O5S/c1-25(2,3)17-10-8-16(9-11-17)23(29)27-18-6-5-7-19(14-18)28-34(31,32)20-12-13-22(26)21(15-20)24(30)33-4/h5-15,28H,1-4H3,(H,27,29). The van der Waals surface area contributed by atoms with Crippen LogP contribution < -0.4 is 10.0 Å². The predicted octanol–water partition coefficient (Wildman–Crippen LogP) is 5.48. The highest BCUT2D eigenvalue weighted by Gasteiger charge is 2.20. The van der Waals surface area contributed by atoms with Crippen LogP contribution in [0.15, 0.2) is 71.6 Å². The number of carbonyl (C=O) groups is 2. The first-order valence-corrected chi connectivity index (χ1v) is 12.2. The van der Waals surface area contributed by atoms with Gasteiger partial charge in [-0.15, -0.1) is 0 Å². The van der Waals surface area contributed by atoms with Gasteiger partial charge in [-0.1, -0.05) is 50.6 Å². The monoisotopic (exact) mass is 500 g/mol. The number of hydrogen-bond donors (Lipinski definition) is 2. The van der Waals surface area contributed by atoms with E-state index in [1.54, 1.807) is 30.3 Å². The van der Waals surface area contributed by atoms with Crippen molar-refractivity contribution in [1.29, 1.82) is 0 Å². The zero-order valence-corrected chi connectivity index (χ0v) is 20.8. The molecule has 3 aromatic rings. The van der Waals surface area contributed by atoms with E-state index in [0.29, 0.717) is 11.3 Å². The van der Waals surface area contributed by atoms with Gasteiger partial charge in [-0.05, 0) is 59.5 Å². The molecule has 2 N–H and O–H groups in total. The fourth-order valence-electron chi connectivity index (χ4n) is 3.14. The fraction of sp³-hybridized carbons (Fsp3) is 0.200. The summed E-state index contributed by atoms with van der Waals surface area (Å²) in [6.45, 7) is 6.28. The van der Waals surface area contributed by atoms with Gasteiger partial charge >= 0.3 is 5.97 Å². The van der Waals surface area contributed by atoms with Crippen molar-refractivity contribution in [3.63, 3.8) is 0 Å². The predicted molar refractivity (Wildman–Crippen MR) is 133 cm³/mol. The topological polar surface area (TPSA) is 102 Å². The average Bonchev–Trinajstić information content (AvgIpc) is 2.78. The lowest BCUT2D eigenvalue weighted by molar-refractivity contribution is 0.0600. The van der Waals surface area contributed by atoms with E-state index in [0.717, 1.165) is 11.6 Å². The van der Waals surface area contributed by atoms with Gasteiger partial charge in [0.1, 0.15) is 0 Å². The number of nitrogens with one attached hydrogen (secondary N) is 2. The third-order valence-electron chi connectivity index (χ3n) is 5.04. The molecule has 34 heavy (non-hydrogen) atoms. The Kier molecular flexibility index (Phi) is 7.33. The van der Waals surface area contributed by atoms with Crippen LogP contribution in [-0.4, -0.2) is 27.4 Å². The highest BCUT2D eigenvalue weighted by molar-refractivity contribution is 7.92. The Bertz CT molecular complexity index is 1330. The van der Waals surface area contributed by atoms with E-state index in [4.69, 9.17) is 11.6 Å². The molecule has 0 unspecified atom stereocenters. The van der Waals surface area contributed by atoms with Gasteiger partial charge in [-0.25, -0.2) is 13.2 Å². The van der Waals surface area contributed by atoms with Crippen LogP contribution >= 0.6 is 11.6 Å². The first-order valence-electron chi connectivity index (χ1n) is 10.3. The number of benzene rings is 3. The number of methoxy groups -OCH3 is 1. The minimum atomic E-state index is -4.04. The molecule has 0 aliphatic rings. The van der Waals surface area contributed by atoms with Crippen LogP contribution in [0, 0.1) is 0 Å². The van der Waals surface area contributed by atoms with E-state index in [2.05, 4.69) is 35.5 Å². The highest BCUT2D eigenvalue weighted by Crippen LogP contribution is 2.25. The molecular formula is C25H25ClN2O5S. The maximum atomic E-state index is 12.9. The summed E-state index contributed by atoms with van der Waals surface area (Å²) in [5.74, 6) is -1.07. The van der Waals surface area contributed by atoms with Gasteiger partial charge in [-0.2, -0.15) is 0 Å². The summed E-state index contributed by atoms with van der Waals surface area (Å²) in [7, 11) is -2.86. The first-order chi connectivity index (χ1) is 15.9. The van der Waals surface area contributed by atoms with Gasteiger partial charge < -0.3 is 10.1 Å². The summed E-state index contributed by atoms with van der Waals surface area (Å²) in [6.07, 6.45) is 0. The molecule has 1 amide bonds. The van der Waals surface area contributed by atoms with Gasteiger partial charge in [0.25, 0.3) is 15.9 Å². The van der Waals surface area contributed by atoms with Gasteiger partial charge in [0.15, 0.2) is 0 Å². The molecule has 0 aliphatic carbocycles. The molecule has 0 bridgehead atoms. The summed E-state index contributed by atoms with van der Waals surface area (Å²) in [6, 6.07) is 17.4. The minimum absolute atomic E-state index is 0.0256. The number of rotatable bonds is 6. The Morgan fingerprint density at radius 3 is 2.18 bits per heavy atom. The van der Waals surface area contributed by atoms with E-state index in [1.807, 2.05) is 12.1 Å². The van der Waals surface area contributed by atoms with Crippen LogP contribution in [0.1, 0.15) is 47.1 Å². The molecule has 0 spiro atoms. The average molecular weight is 501 g/mol. The molecule has 0 saturated heterocycles. The Morgan fingerprint density at radius 1 is 0.912 bits per heavy atom. The molecule has 0 radical (unpaired) electrons. The van der Waals surface area contributed by atoms with Crippen LogP contribution in [0.2, 0.25) is 5.02 Å². The van der Waals surface area contributed by atoms with E-state index in [-0.39, 0.29) is 32.5 Å². The second-order valence-electron chi connectivity index (χ2n) is 8.60. The highest BCUT2D eigenvalue weighted by atomic mass is 35.5. The van der Waals surface area contributed by atoms with Gasteiger partial charge in [0.2, 0.25) is 0 Å². The van der Waals surface area contributed by atoms with Crippen molar-refractivity contribution in [3.05, 3.63) is 88.4 Å². The molecular weight excluding hydrogens is 476 g/mol. The molecule has 3 rings (SSSR count). The van der Waals surface area contributed by atoms with Crippen molar-refractivity contribution in [1.82, 2.24) is 0 Å². The number of carbonyl (C=O) groups excluding carboxylic acids is 2. The van der Waals surface area contributed by atoms with E-state index in [1.165, 1.54) is 25.3 Å². The van der Waals surface area contributed by atoms with Gasteiger partial charge in [0, 0.05) is 11.3 Å². The molecule has 0 fully saturated rings. The fourth-order valence-corrected chi connectivity index (χ4v) is 4.41. The Balaban J connectivity index is 1.78. The maximum Gasteiger partial charge on any atom is 0.339 e. The van der Waals surface area contributed by atoms with Crippen LogP contribution in [0.5, 0.6) is 0 Å². The van der Waals surface area contributed by atoms with Gasteiger partial charge in [-0.3, -0.25) is 9.52 Å². The maximum absolute atomic E-state index is 12.9. The third-order valence-corrected chi connectivity index (χ3v) is 6.75. The number of ether oxygens (including phenoxy) is 1. The van der Waals surface area contributed by atoms with Crippen molar-refractivity contribution >= 4 is 44.9 Å². The van der Waals surface area contributed by atoms with E-state index in [9.17, 15) is 18.0 Å². The first kappa shape index (κ1) is 25.3. The molecule has 0 atom stereocenters. The number of anilines is 2. The number of esters is 1. The van der Waals surface area contributed by atoms with E-state index >= 15 is 0 Å². The lowest BCUT2D eigenvalue weighted by Gasteiger charge is -2.19. The number of amides is 1. The van der Waals surface area contributed by atoms with Crippen LogP contribution in [0.25, 0.3) is 0 Å². The Morgan fingerprint density at radius 2 is 1.56 bits per heavy atom. The molecule has 0 aromatic heterocycles. The number of hydrogen-bond acceptors (Lipinski definition) is 5. The molecule has 178 valence electrons. The summed E-state index contributed by atoms with van der Waals surface area (Å²) in [5, 5.41) is 2.84. The summed E-state index contributed by atoms with van der Waals surface area (Å²) < 4.78 is 32.8. The Hall–Kier alpha value is -3.36. The quantitative estimate of drug-likeness (QED) is 0.436. The second-order valence-corrected chi connectivity index (χ2v) is 10.7. The van der Waals surface area contributed by atoms with Gasteiger partial charge in [0.05, 0.1) is 28.3 Å². The lowest BCUT2D eigenvalue weighted by atomic mass is 9.87. The molecule has 0 saturated carbocycles. The van der Waals surface area contributed by atoms with Crippen LogP contribution in [0.3, 0.4) is 0 Å². The van der Waals surface area contributed by atoms with Crippen molar-refractivity contribution < 1.29 is 22.7 Å². The largest absolute Gasteiger partial charge is 0.465 e. The summed E-state index contributed by atoms with van der Waals surface area (Å²) in [4.78, 5) is 24.3. The van der Waals surface area contributed by atoms with Crippen molar-refractivity contribution in [3.8, 4) is 0 Å². The van der Waals surface area contributed by atoms with Crippen LogP contribution in [-0.2, 0) is 20.2 Å². The SMILES string of the molecule is COC(=O)c1cc(S(=O)(=O)Nc2cccc(NC(=O)c3ccc(C(C)(C)C)cc3)c2)ccc1Cl. The molecule has 3 aromatic carbocycles. The number of halogens is 1. The number of sulfonamides is 1. The zero-order valence-electron chi connectivity index (χ0n) is 19.2. The van der Waals surface area contributed by atoms with Crippen molar-refractivity contribution in [2.24, 2.45) is 0 Å². The van der Waals surface area contributed by atoms with Crippen molar-refractivity contribution in [2.75, 3.05) is 17.1 Å². The zero-order chi connectivity index (χ0) is 25.1. The van der Waals surface area contributed by atoms with Crippen molar-refractivity contribution in [2.45, 2.75) is 31.1 Å². The smallest absolute Gasteiger partial charge is 0.339 e.